The third-order valence-corrected chi connectivity index (χ3v) is 2.97. The Labute approximate surface area is 108 Å². The summed E-state index contributed by atoms with van der Waals surface area (Å²) in [5.41, 5.74) is 6.65. The molecule has 3 nitrogen and oxygen atoms in total. The number of halogens is 1. The molecule has 1 atom stereocenters. The lowest BCUT2D eigenvalue weighted by Gasteiger charge is -2.20. The van der Waals surface area contributed by atoms with E-state index < -0.39 is 0 Å². The normalized spacial score (nSPS) is 13.0. The first-order valence-electron chi connectivity index (χ1n) is 5.93. The molecule has 0 fully saturated rings. The van der Waals surface area contributed by atoms with Gasteiger partial charge in [-0.1, -0.05) is 23.7 Å². The van der Waals surface area contributed by atoms with Crippen molar-refractivity contribution >= 4 is 11.6 Å². The maximum atomic E-state index is 9.61. The van der Waals surface area contributed by atoms with Gasteiger partial charge >= 0.3 is 0 Å². The van der Waals surface area contributed by atoms with Gasteiger partial charge in [-0.2, -0.15) is 0 Å². The van der Waals surface area contributed by atoms with E-state index in [4.69, 9.17) is 17.3 Å². The minimum atomic E-state index is -0.324. The molecule has 0 saturated carbocycles. The first kappa shape index (κ1) is 14.5. The highest BCUT2D eigenvalue weighted by atomic mass is 35.5. The summed E-state index contributed by atoms with van der Waals surface area (Å²) in [6.07, 6.45) is 1.30. The van der Waals surface area contributed by atoms with Gasteiger partial charge in [0.2, 0.25) is 0 Å². The van der Waals surface area contributed by atoms with E-state index in [9.17, 15) is 5.11 Å². The number of hydrogen-bond acceptors (Lipinski definition) is 3. The maximum absolute atomic E-state index is 9.61. The van der Waals surface area contributed by atoms with Crippen LogP contribution in [0.4, 0.5) is 0 Å². The summed E-state index contributed by atoms with van der Waals surface area (Å²) in [5.74, 6) is 0. The molecule has 0 heterocycles. The molecule has 0 radical (unpaired) electrons. The standard InChI is InChI=1S/C13H21ClN2O/c1-16(10-13(17)6-8-15)9-7-11-2-4-12(14)5-3-11/h2-5,13,17H,6-10,15H2,1H3. The van der Waals surface area contributed by atoms with Crippen molar-refractivity contribution in [3.63, 3.8) is 0 Å². The van der Waals surface area contributed by atoms with E-state index in [0.29, 0.717) is 19.5 Å². The molecule has 0 aromatic heterocycles. The molecule has 1 aromatic rings. The number of benzene rings is 1. The molecule has 1 aromatic carbocycles. The molecule has 0 spiro atoms. The predicted octanol–water partition coefficient (Wildman–Crippen LogP) is 1.52. The van der Waals surface area contributed by atoms with Crippen LogP contribution < -0.4 is 5.73 Å². The van der Waals surface area contributed by atoms with Gasteiger partial charge in [0.1, 0.15) is 0 Å². The monoisotopic (exact) mass is 256 g/mol. The Bertz CT molecular complexity index is 316. The van der Waals surface area contributed by atoms with Crippen LogP contribution in [0.5, 0.6) is 0 Å². The zero-order chi connectivity index (χ0) is 12.7. The molecule has 0 aliphatic heterocycles. The molecule has 17 heavy (non-hydrogen) atoms. The number of likely N-dealkylation sites (N-methyl/N-ethyl adjacent to an activating group) is 1. The van der Waals surface area contributed by atoms with E-state index in [2.05, 4.69) is 4.90 Å². The van der Waals surface area contributed by atoms with E-state index in [0.717, 1.165) is 18.0 Å². The van der Waals surface area contributed by atoms with Gasteiger partial charge in [-0.15, -0.1) is 0 Å². The summed E-state index contributed by atoms with van der Waals surface area (Å²) < 4.78 is 0. The Kier molecular flexibility index (Phi) is 6.52. The van der Waals surface area contributed by atoms with Crippen LogP contribution >= 0.6 is 11.6 Å². The van der Waals surface area contributed by atoms with Crippen LogP contribution in [-0.2, 0) is 6.42 Å². The van der Waals surface area contributed by atoms with Gasteiger partial charge in [0.25, 0.3) is 0 Å². The largest absolute Gasteiger partial charge is 0.392 e. The van der Waals surface area contributed by atoms with Gasteiger partial charge in [0.15, 0.2) is 0 Å². The van der Waals surface area contributed by atoms with Crippen molar-refractivity contribution in [1.82, 2.24) is 4.90 Å². The number of nitrogens with two attached hydrogens (primary N) is 1. The molecule has 1 unspecified atom stereocenters. The summed E-state index contributed by atoms with van der Waals surface area (Å²) in [4.78, 5) is 2.12. The molecule has 0 saturated heterocycles. The Morgan fingerprint density at radius 2 is 2.00 bits per heavy atom. The van der Waals surface area contributed by atoms with Crippen molar-refractivity contribution < 1.29 is 5.11 Å². The fourth-order valence-electron chi connectivity index (χ4n) is 1.71. The van der Waals surface area contributed by atoms with Crippen molar-refractivity contribution in [2.24, 2.45) is 5.73 Å². The molecule has 0 aliphatic rings. The van der Waals surface area contributed by atoms with Crippen LogP contribution in [0.3, 0.4) is 0 Å². The van der Waals surface area contributed by atoms with Gasteiger partial charge in [-0.25, -0.2) is 0 Å². The van der Waals surface area contributed by atoms with Gasteiger partial charge < -0.3 is 15.7 Å². The Hall–Kier alpha value is -0.610. The van der Waals surface area contributed by atoms with E-state index in [1.807, 2.05) is 31.3 Å². The van der Waals surface area contributed by atoms with Crippen LogP contribution in [-0.4, -0.2) is 42.8 Å². The van der Waals surface area contributed by atoms with Crippen molar-refractivity contribution in [2.45, 2.75) is 18.9 Å². The topological polar surface area (TPSA) is 49.5 Å². The van der Waals surface area contributed by atoms with Crippen LogP contribution in [0, 0.1) is 0 Å². The highest BCUT2D eigenvalue weighted by Gasteiger charge is 2.07. The van der Waals surface area contributed by atoms with Crippen molar-refractivity contribution in [2.75, 3.05) is 26.7 Å². The second-order valence-electron chi connectivity index (χ2n) is 4.37. The number of aliphatic hydroxyl groups excluding tert-OH is 1. The quantitative estimate of drug-likeness (QED) is 0.778. The zero-order valence-electron chi connectivity index (χ0n) is 10.3. The third-order valence-electron chi connectivity index (χ3n) is 2.72. The predicted molar refractivity (Wildman–Crippen MR) is 72.3 cm³/mol. The minimum absolute atomic E-state index is 0.324. The molecule has 96 valence electrons. The smallest absolute Gasteiger partial charge is 0.0679 e. The fraction of sp³-hybridized carbons (Fsp3) is 0.538. The first-order chi connectivity index (χ1) is 8.11. The van der Waals surface area contributed by atoms with E-state index in [-0.39, 0.29) is 6.10 Å². The lowest BCUT2D eigenvalue weighted by atomic mass is 10.1. The lowest BCUT2D eigenvalue weighted by Crippen LogP contribution is -2.32. The molecule has 4 heteroatoms. The SMILES string of the molecule is CN(CCc1ccc(Cl)cc1)CC(O)CCN. The van der Waals surface area contributed by atoms with E-state index in [1.54, 1.807) is 0 Å². The van der Waals surface area contributed by atoms with Crippen molar-refractivity contribution in [1.29, 1.82) is 0 Å². The third kappa shape index (κ3) is 6.03. The number of hydrogen-bond donors (Lipinski definition) is 2. The summed E-state index contributed by atoms with van der Waals surface area (Å²) in [7, 11) is 2.01. The molecule has 0 amide bonds. The maximum Gasteiger partial charge on any atom is 0.0679 e. The van der Waals surface area contributed by atoms with Gasteiger partial charge in [0.05, 0.1) is 6.10 Å². The van der Waals surface area contributed by atoms with Crippen LogP contribution in [0.15, 0.2) is 24.3 Å². The fourth-order valence-corrected chi connectivity index (χ4v) is 1.83. The van der Waals surface area contributed by atoms with Crippen LogP contribution in [0.25, 0.3) is 0 Å². The highest BCUT2D eigenvalue weighted by Crippen LogP contribution is 2.10. The summed E-state index contributed by atoms with van der Waals surface area (Å²) in [6.45, 7) is 2.13. The van der Waals surface area contributed by atoms with Crippen molar-refractivity contribution in [3.8, 4) is 0 Å². The average Bonchev–Trinajstić information content (AvgIpc) is 2.28. The van der Waals surface area contributed by atoms with Gasteiger partial charge in [0, 0.05) is 18.1 Å². The second kappa shape index (κ2) is 7.67. The summed E-state index contributed by atoms with van der Waals surface area (Å²) in [6, 6.07) is 7.87. The van der Waals surface area contributed by atoms with Crippen LogP contribution in [0.2, 0.25) is 5.02 Å². The average molecular weight is 257 g/mol. The molecular formula is C13H21ClN2O. The molecule has 3 N–H and O–H groups in total. The van der Waals surface area contributed by atoms with Crippen LogP contribution in [0.1, 0.15) is 12.0 Å². The first-order valence-corrected chi connectivity index (χ1v) is 6.30. The summed E-state index contributed by atoms with van der Waals surface area (Å²) in [5, 5.41) is 10.4. The highest BCUT2D eigenvalue weighted by molar-refractivity contribution is 6.30. The molecular weight excluding hydrogens is 236 g/mol. The molecule has 0 bridgehead atoms. The van der Waals surface area contributed by atoms with Crippen molar-refractivity contribution in [3.05, 3.63) is 34.9 Å². The molecule has 0 aliphatic carbocycles. The number of rotatable bonds is 7. The Morgan fingerprint density at radius 3 is 2.59 bits per heavy atom. The van der Waals surface area contributed by atoms with Gasteiger partial charge in [-0.05, 0) is 44.1 Å². The number of aliphatic hydroxyl groups is 1. The zero-order valence-corrected chi connectivity index (χ0v) is 11.0. The minimum Gasteiger partial charge on any atom is -0.392 e. The van der Waals surface area contributed by atoms with Gasteiger partial charge in [-0.3, -0.25) is 0 Å². The summed E-state index contributed by atoms with van der Waals surface area (Å²) >= 11 is 5.82. The van der Waals surface area contributed by atoms with E-state index >= 15 is 0 Å². The number of nitrogens with zero attached hydrogens (tertiary/aromatic N) is 1. The molecule has 1 rings (SSSR count). The lowest BCUT2D eigenvalue weighted by molar-refractivity contribution is 0.120. The second-order valence-corrected chi connectivity index (χ2v) is 4.81. The Balaban J connectivity index is 2.27. The Morgan fingerprint density at radius 1 is 1.35 bits per heavy atom. The van der Waals surface area contributed by atoms with E-state index in [1.165, 1.54) is 5.56 Å².